The number of amides is 2. The molecule has 0 radical (unpaired) electrons. The molecule has 0 saturated carbocycles. The summed E-state index contributed by atoms with van der Waals surface area (Å²) in [4.78, 5) is 28.2. The summed E-state index contributed by atoms with van der Waals surface area (Å²) in [5.74, 6) is -0.284. The van der Waals surface area contributed by atoms with Crippen molar-refractivity contribution in [3.63, 3.8) is 0 Å². The average Bonchev–Trinajstić information content (AvgIpc) is 2.66. The summed E-state index contributed by atoms with van der Waals surface area (Å²) < 4.78 is 0. The summed E-state index contributed by atoms with van der Waals surface area (Å²) in [5.41, 5.74) is 2.38. The van der Waals surface area contributed by atoms with Gasteiger partial charge in [0.05, 0.1) is 17.9 Å². The molecule has 0 bridgehead atoms. The molecule has 0 aromatic heterocycles. The highest BCUT2D eigenvalue weighted by molar-refractivity contribution is 6.10. The molecule has 0 unspecified atom stereocenters. The lowest BCUT2D eigenvalue weighted by Crippen LogP contribution is -2.46. The molecule has 130 valence electrons. The number of hydrogen-bond acceptors (Lipinski definition) is 3. The summed E-state index contributed by atoms with van der Waals surface area (Å²) in [5, 5.41) is 5.10. The number of fused-ring (bicyclic) bond motifs is 2. The van der Waals surface area contributed by atoms with E-state index in [1.165, 1.54) is 0 Å². The Balaban J connectivity index is 1.56. The van der Waals surface area contributed by atoms with E-state index in [1.54, 1.807) is 11.0 Å². The Morgan fingerprint density at radius 2 is 1.77 bits per heavy atom. The summed E-state index contributed by atoms with van der Waals surface area (Å²) in [7, 11) is 1.89. The number of nitrogens with one attached hydrogen (secondary N) is 1. The van der Waals surface area contributed by atoms with Crippen LogP contribution in [0.1, 0.15) is 0 Å². The third kappa shape index (κ3) is 2.99. The summed E-state index contributed by atoms with van der Waals surface area (Å²) >= 11 is 0. The number of anilines is 3. The second kappa shape index (κ2) is 6.52. The van der Waals surface area contributed by atoms with Gasteiger partial charge >= 0.3 is 0 Å². The molecule has 1 N–H and O–H groups in total. The van der Waals surface area contributed by atoms with Crippen molar-refractivity contribution < 1.29 is 9.59 Å². The first kappa shape index (κ1) is 16.1. The lowest BCUT2D eigenvalue weighted by molar-refractivity contribution is -0.121. The molecule has 1 aliphatic heterocycles. The van der Waals surface area contributed by atoms with Gasteiger partial charge in [-0.2, -0.15) is 0 Å². The van der Waals surface area contributed by atoms with E-state index in [2.05, 4.69) is 29.6 Å². The smallest absolute Gasteiger partial charge is 0.247 e. The molecule has 4 rings (SSSR count). The average molecular weight is 345 g/mol. The zero-order valence-electron chi connectivity index (χ0n) is 14.5. The maximum absolute atomic E-state index is 12.9. The van der Waals surface area contributed by atoms with Crippen LogP contribution in [0.3, 0.4) is 0 Å². The van der Waals surface area contributed by atoms with Crippen LogP contribution < -0.4 is 15.1 Å². The summed E-state index contributed by atoms with van der Waals surface area (Å²) in [6.45, 7) is 0.237. The minimum Gasteiger partial charge on any atom is -0.365 e. The molecule has 0 spiro atoms. The molecule has 3 aromatic rings. The van der Waals surface area contributed by atoms with Gasteiger partial charge in [-0.1, -0.05) is 42.5 Å². The monoisotopic (exact) mass is 345 g/mol. The molecule has 0 aliphatic carbocycles. The fourth-order valence-electron chi connectivity index (χ4n) is 3.25. The number of carbonyl (C=O) groups excluding carboxylic acids is 2. The van der Waals surface area contributed by atoms with E-state index in [4.69, 9.17) is 0 Å². The van der Waals surface area contributed by atoms with Gasteiger partial charge in [-0.05, 0) is 35.0 Å². The Kier molecular flexibility index (Phi) is 4.05. The Hall–Kier alpha value is -3.34. The molecular weight excluding hydrogens is 326 g/mol. The molecule has 1 aliphatic rings. The number of likely N-dealkylation sites (N-methyl/N-ethyl adjacent to an activating group) is 1. The van der Waals surface area contributed by atoms with Crippen LogP contribution in [0.15, 0.2) is 66.7 Å². The predicted octanol–water partition coefficient (Wildman–Crippen LogP) is 3.26. The van der Waals surface area contributed by atoms with Crippen LogP contribution in [0.4, 0.5) is 17.1 Å². The topological polar surface area (TPSA) is 52.7 Å². The van der Waals surface area contributed by atoms with Crippen LogP contribution in [0.2, 0.25) is 0 Å². The highest BCUT2D eigenvalue weighted by Crippen LogP contribution is 2.29. The van der Waals surface area contributed by atoms with Crippen molar-refractivity contribution in [3.8, 4) is 0 Å². The third-order valence-corrected chi connectivity index (χ3v) is 4.62. The van der Waals surface area contributed by atoms with E-state index in [0.717, 1.165) is 22.1 Å². The molecule has 3 aromatic carbocycles. The largest absolute Gasteiger partial charge is 0.365 e. The molecule has 26 heavy (non-hydrogen) atoms. The van der Waals surface area contributed by atoms with Gasteiger partial charge < -0.3 is 10.2 Å². The lowest BCUT2D eigenvalue weighted by Gasteiger charge is -2.31. The van der Waals surface area contributed by atoms with Crippen molar-refractivity contribution in [1.82, 2.24) is 0 Å². The predicted molar refractivity (Wildman–Crippen MR) is 105 cm³/mol. The second-order valence-corrected chi connectivity index (χ2v) is 6.43. The summed E-state index contributed by atoms with van der Waals surface area (Å²) in [6, 6.07) is 21.6. The Bertz CT molecular complexity index is 999. The van der Waals surface area contributed by atoms with E-state index in [1.807, 2.05) is 48.3 Å². The zero-order valence-corrected chi connectivity index (χ0v) is 14.5. The standard InChI is InChI=1S/C21H19N3O2/c1-23(17-11-10-15-6-2-3-7-16(15)12-17)14-21(26)24-13-20(25)22-18-8-4-5-9-19(18)24/h2-12H,13-14H2,1H3,(H,22,25). The van der Waals surface area contributed by atoms with Crippen LogP contribution in [-0.4, -0.2) is 32.0 Å². The Labute approximate surface area is 151 Å². The SMILES string of the molecule is CN(CC(=O)N1CC(=O)Nc2ccccc21)c1ccc2ccccc2c1. The van der Waals surface area contributed by atoms with Crippen LogP contribution >= 0.6 is 0 Å². The third-order valence-electron chi connectivity index (χ3n) is 4.62. The van der Waals surface area contributed by atoms with Gasteiger partial charge in [-0.15, -0.1) is 0 Å². The zero-order chi connectivity index (χ0) is 18.1. The number of hydrogen-bond donors (Lipinski definition) is 1. The fourth-order valence-corrected chi connectivity index (χ4v) is 3.25. The van der Waals surface area contributed by atoms with Crippen LogP contribution in [0.5, 0.6) is 0 Å². The van der Waals surface area contributed by atoms with Crippen molar-refractivity contribution in [2.75, 3.05) is 35.3 Å². The number of rotatable bonds is 3. The molecule has 0 atom stereocenters. The van der Waals surface area contributed by atoms with Gasteiger partial charge in [-0.3, -0.25) is 14.5 Å². The Morgan fingerprint density at radius 1 is 1.04 bits per heavy atom. The normalized spacial score (nSPS) is 13.3. The highest BCUT2D eigenvalue weighted by atomic mass is 16.2. The van der Waals surface area contributed by atoms with Gasteiger partial charge in [-0.25, -0.2) is 0 Å². The summed E-state index contributed by atoms with van der Waals surface area (Å²) in [6.07, 6.45) is 0. The van der Waals surface area contributed by atoms with E-state index in [-0.39, 0.29) is 24.9 Å². The van der Waals surface area contributed by atoms with Gasteiger partial charge in [0.1, 0.15) is 6.54 Å². The second-order valence-electron chi connectivity index (χ2n) is 6.43. The molecule has 1 heterocycles. The van der Waals surface area contributed by atoms with Crippen molar-refractivity contribution in [2.24, 2.45) is 0 Å². The quantitative estimate of drug-likeness (QED) is 0.793. The number of carbonyl (C=O) groups is 2. The molecule has 0 fully saturated rings. The molecule has 2 amide bonds. The number of nitrogens with zero attached hydrogens (tertiary/aromatic N) is 2. The number of benzene rings is 3. The van der Waals surface area contributed by atoms with E-state index < -0.39 is 0 Å². The molecular formula is C21H19N3O2. The highest BCUT2D eigenvalue weighted by Gasteiger charge is 2.27. The maximum Gasteiger partial charge on any atom is 0.247 e. The van der Waals surface area contributed by atoms with Crippen LogP contribution in [0.25, 0.3) is 10.8 Å². The van der Waals surface area contributed by atoms with Crippen molar-refractivity contribution in [3.05, 3.63) is 66.7 Å². The van der Waals surface area contributed by atoms with E-state index in [9.17, 15) is 9.59 Å². The van der Waals surface area contributed by atoms with Crippen LogP contribution in [0, 0.1) is 0 Å². The maximum atomic E-state index is 12.9. The van der Waals surface area contributed by atoms with E-state index >= 15 is 0 Å². The van der Waals surface area contributed by atoms with Crippen molar-refractivity contribution in [1.29, 1.82) is 0 Å². The fraction of sp³-hybridized carbons (Fsp3) is 0.143. The first-order valence-electron chi connectivity index (χ1n) is 8.51. The van der Waals surface area contributed by atoms with Crippen molar-refractivity contribution >= 4 is 39.6 Å². The Morgan fingerprint density at radius 3 is 2.62 bits per heavy atom. The molecule has 5 heteroatoms. The molecule has 5 nitrogen and oxygen atoms in total. The van der Waals surface area contributed by atoms with Gasteiger partial charge in [0.25, 0.3) is 0 Å². The first-order chi connectivity index (χ1) is 12.6. The van der Waals surface area contributed by atoms with Gasteiger partial charge in [0, 0.05) is 12.7 Å². The molecule has 0 saturated heterocycles. The van der Waals surface area contributed by atoms with Crippen molar-refractivity contribution in [2.45, 2.75) is 0 Å². The van der Waals surface area contributed by atoms with Gasteiger partial charge in [0.2, 0.25) is 11.8 Å². The van der Waals surface area contributed by atoms with Gasteiger partial charge in [0.15, 0.2) is 0 Å². The minimum atomic E-state index is -0.176. The lowest BCUT2D eigenvalue weighted by atomic mass is 10.1. The first-order valence-corrected chi connectivity index (χ1v) is 8.51. The number of para-hydroxylation sites is 2. The van der Waals surface area contributed by atoms with E-state index in [0.29, 0.717) is 5.69 Å². The van der Waals surface area contributed by atoms with Crippen LogP contribution in [-0.2, 0) is 9.59 Å². The minimum absolute atomic E-state index is 0.0431.